The summed E-state index contributed by atoms with van der Waals surface area (Å²) >= 11 is 0. The van der Waals surface area contributed by atoms with E-state index < -0.39 is 15.9 Å². The molecule has 5 nitrogen and oxygen atoms in total. The van der Waals surface area contributed by atoms with E-state index in [0.29, 0.717) is 5.75 Å². The number of methoxy groups -OCH3 is 1. The molecule has 3 aromatic carbocycles. The lowest BCUT2D eigenvalue weighted by Crippen LogP contribution is -2.37. The van der Waals surface area contributed by atoms with Crippen molar-refractivity contribution in [2.45, 2.75) is 4.90 Å². The van der Waals surface area contributed by atoms with Gasteiger partial charge in [0.25, 0.3) is 15.9 Å². The van der Waals surface area contributed by atoms with Crippen molar-refractivity contribution in [1.29, 1.82) is 0 Å². The Bertz CT molecular complexity index is 985. The van der Waals surface area contributed by atoms with Gasteiger partial charge in [-0.05, 0) is 48.5 Å². The Balaban J connectivity index is 2.11. The Morgan fingerprint density at radius 2 is 1.35 bits per heavy atom. The normalized spacial score (nSPS) is 11.0. The number of benzene rings is 3. The number of sulfonamides is 1. The summed E-state index contributed by atoms with van der Waals surface area (Å²) in [5, 5.41) is 0. The van der Waals surface area contributed by atoms with Crippen LogP contribution in [0.1, 0.15) is 10.4 Å². The van der Waals surface area contributed by atoms with E-state index in [0.717, 1.165) is 4.31 Å². The molecule has 1 amide bonds. The molecule has 0 aliphatic carbocycles. The van der Waals surface area contributed by atoms with Gasteiger partial charge in [0.05, 0.1) is 17.7 Å². The van der Waals surface area contributed by atoms with E-state index in [2.05, 4.69) is 0 Å². The first-order valence-electron chi connectivity index (χ1n) is 7.88. The molecule has 0 aromatic heterocycles. The highest BCUT2D eigenvalue weighted by atomic mass is 32.2. The minimum Gasteiger partial charge on any atom is -0.497 e. The molecule has 0 fully saturated rings. The molecule has 0 heterocycles. The summed E-state index contributed by atoms with van der Waals surface area (Å²) in [7, 11) is -2.54. The number of carbonyl (C=O) groups is 1. The van der Waals surface area contributed by atoms with Gasteiger partial charge in [-0.2, -0.15) is 4.31 Å². The number of para-hydroxylation sites is 1. The fourth-order valence-corrected chi connectivity index (χ4v) is 3.91. The molecule has 0 N–H and O–H groups in total. The Morgan fingerprint density at radius 1 is 0.808 bits per heavy atom. The minimum absolute atomic E-state index is 0.0470. The van der Waals surface area contributed by atoms with E-state index in [-0.39, 0.29) is 16.1 Å². The number of carbonyl (C=O) groups excluding carboxylic acids is 1. The van der Waals surface area contributed by atoms with Crippen LogP contribution >= 0.6 is 0 Å². The Morgan fingerprint density at radius 3 is 1.88 bits per heavy atom. The van der Waals surface area contributed by atoms with E-state index in [1.807, 2.05) is 0 Å². The summed E-state index contributed by atoms with van der Waals surface area (Å²) < 4.78 is 32.2. The molecule has 0 spiro atoms. The van der Waals surface area contributed by atoms with Gasteiger partial charge in [-0.3, -0.25) is 4.79 Å². The first-order chi connectivity index (χ1) is 12.5. The predicted octanol–water partition coefficient (Wildman–Crippen LogP) is 3.73. The molecule has 0 aliphatic rings. The highest BCUT2D eigenvalue weighted by Gasteiger charge is 2.31. The van der Waals surface area contributed by atoms with Crippen LogP contribution in [0.5, 0.6) is 5.75 Å². The number of nitrogens with zero attached hydrogens (tertiary/aromatic N) is 1. The second-order valence-electron chi connectivity index (χ2n) is 5.45. The average molecular weight is 367 g/mol. The van der Waals surface area contributed by atoms with Crippen LogP contribution < -0.4 is 9.04 Å². The maximum atomic E-state index is 13.2. The molecular weight excluding hydrogens is 350 g/mol. The quantitative estimate of drug-likeness (QED) is 0.689. The molecule has 132 valence electrons. The van der Waals surface area contributed by atoms with Gasteiger partial charge in [-0.1, -0.05) is 36.4 Å². The van der Waals surface area contributed by atoms with Gasteiger partial charge in [0.15, 0.2) is 0 Å². The highest BCUT2D eigenvalue weighted by Crippen LogP contribution is 2.26. The third-order valence-corrected chi connectivity index (χ3v) is 5.52. The standard InChI is InChI=1S/C20H17NO4S/c1-25-18-14-12-16(13-15-18)20(22)21(17-8-4-2-5-9-17)26(23,24)19-10-6-3-7-11-19/h2-15H,1H3. The van der Waals surface area contributed by atoms with Gasteiger partial charge in [0.1, 0.15) is 5.75 Å². The van der Waals surface area contributed by atoms with Crippen LogP contribution in [-0.2, 0) is 10.0 Å². The fraction of sp³-hybridized carbons (Fsp3) is 0.0500. The van der Waals surface area contributed by atoms with Gasteiger partial charge in [0.2, 0.25) is 0 Å². The van der Waals surface area contributed by atoms with Crippen molar-refractivity contribution in [3.05, 3.63) is 90.5 Å². The van der Waals surface area contributed by atoms with Crippen molar-refractivity contribution in [3.8, 4) is 5.75 Å². The van der Waals surface area contributed by atoms with Gasteiger partial charge < -0.3 is 4.74 Å². The monoisotopic (exact) mass is 367 g/mol. The number of anilines is 1. The number of hydrogen-bond donors (Lipinski definition) is 0. The van der Waals surface area contributed by atoms with Crippen LogP contribution in [0.2, 0.25) is 0 Å². The lowest BCUT2D eigenvalue weighted by atomic mass is 10.2. The summed E-state index contributed by atoms with van der Waals surface area (Å²) in [5.41, 5.74) is 0.520. The fourth-order valence-electron chi connectivity index (χ4n) is 2.48. The van der Waals surface area contributed by atoms with Gasteiger partial charge in [-0.25, -0.2) is 8.42 Å². The van der Waals surface area contributed by atoms with Crippen molar-refractivity contribution in [2.75, 3.05) is 11.4 Å². The van der Waals surface area contributed by atoms with Crippen molar-refractivity contribution < 1.29 is 17.9 Å². The van der Waals surface area contributed by atoms with Crippen LogP contribution in [0.4, 0.5) is 5.69 Å². The zero-order valence-corrected chi connectivity index (χ0v) is 14.9. The molecule has 26 heavy (non-hydrogen) atoms. The summed E-state index contributed by atoms with van der Waals surface area (Å²) in [6, 6.07) is 22.5. The number of rotatable bonds is 5. The highest BCUT2D eigenvalue weighted by molar-refractivity contribution is 7.93. The smallest absolute Gasteiger partial charge is 0.272 e. The van der Waals surface area contributed by atoms with Crippen LogP contribution in [-0.4, -0.2) is 21.4 Å². The minimum atomic E-state index is -4.06. The molecule has 0 saturated heterocycles. The molecule has 0 unspecified atom stereocenters. The molecule has 3 aromatic rings. The predicted molar refractivity (Wildman–Crippen MR) is 99.9 cm³/mol. The van der Waals surface area contributed by atoms with Crippen LogP contribution in [0.25, 0.3) is 0 Å². The first-order valence-corrected chi connectivity index (χ1v) is 9.32. The zero-order valence-electron chi connectivity index (χ0n) is 14.1. The molecular formula is C20H17NO4S. The number of amides is 1. The summed E-state index contributed by atoms with van der Waals surface area (Å²) in [6.45, 7) is 0. The Hall–Kier alpha value is -3.12. The summed E-state index contributed by atoms with van der Waals surface area (Å²) in [5.74, 6) is -0.0542. The lowest BCUT2D eigenvalue weighted by molar-refractivity contribution is 0.101. The first kappa shape index (κ1) is 17.7. The topological polar surface area (TPSA) is 63.7 Å². The Kier molecular flexibility index (Phi) is 5.04. The SMILES string of the molecule is COc1ccc(C(=O)N(c2ccccc2)S(=O)(=O)c2ccccc2)cc1. The lowest BCUT2D eigenvalue weighted by Gasteiger charge is -2.22. The molecule has 3 rings (SSSR count). The molecule has 0 saturated carbocycles. The average Bonchev–Trinajstić information content (AvgIpc) is 2.69. The Labute approximate surface area is 152 Å². The zero-order chi connectivity index (χ0) is 18.6. The molecule has 0 atom stereocenters. The third-order valence-electron chi connectivity index (χ3n) is 3.79. The van der Waals surface area contributed by atoms with Crippen LogP contribution in [0.3, 0.4) is 0 Å². The van der Waals surface area contributed by atoms with E-state index in [1.54, 1.807) is 60.7 Å². The van der Waals surface area contributed by atoms with Gasteiger partial charge >= 0.3 is 0 Å². The van der Waals surface area contributed by atoms with Gasteiger partial charge in [0, 0.05) is 5.56 Å². The van der Waals surface area contributed by atoms with E-state index >= 15 is 0 Å². The summed E-state index contributed by atoms with van der Waals surface area (Å²) in [6.07, 6.45) is 0. The summed E-state index contributed by atoms with van der Waals surface area (Å²) in [4.78, 5) is 13.1. The maximum Gasteiger partial charge on any atom is 0.272 e. The largest absolute Gasteiger partial charge is 0.497 e. The van der Waals surface area contributed by atoms with Crippen molar-refractivity contribution in [3.63, 3.8) is 0 Å². The van der Waals surface area contributed by atoms with E-state index in [4.69, 9.17) is 4.74 Å². The van der Waals surface area contributed by atoms with Crippen molar-refractivity contribution >= 4 is 21.6 Å². The number of ether oxygens (including phenoxy) is 1. The third kappa shape index (κ3) is 3.45. The van der Waals surface area contributed by atoms with Crippen molar-refractivity contribution in [1.82, 2.24) is 0 Å². The second-order valence-corrected chi connectivity index (χ2v) is 7.24. The molecule has 6 heteroatoms. The van der Waals surface area contributed by atoms with E-state index in [1.165, 1.54) is 31.4 Å². The van der Waals surface area contributed by atoms with Gasteiger partial charge in [-0.15, -0.1) is 0 Å². The number of hydrogen-bond acceptors (Lipinski definition) is 4. The maximum absolute atomic E-state index is 13.2. The second kappa shape index (κ2) is 7.41. The molecule has 0 bridgehead atoms. The van der Waals surface area contributed by atoms with E-state index in [9.17, 15) is 13.2 Å². The van der Waals surface area contributed by atoms with Crippen LogP contribution in [0, 0.1) is 0 Å². The molecule has 0 radical (unpaired) electrons. The van der Waals surface area contributed by atoms with Crippen molar-refractivity contribution in [2.24, 2.45) is 0 Å². The van der Waals surface area contributed by atoms with Crippen LogP contribution in [0.15, 0.2) is 89.8 Å². The molecule has 0 aliphatic heterocycles.